The summed E-state index contributed by atoms with van der Waals surface area (Å²) in [6.07, 6.45) is -18.4. The van der Waals surface area contributed by atoms with Crippen LogP contribution in [0.25, 0.3) is 0 Å². The maximum absolute atomic E-state index is 11.1. The Balaban J connectivity index is 0.00000760. The number of ether oxygens (including phenoxy) is 4. The third-order valence-electron chi connectivity index (χ3n) is 5.34. The van der Waals surface area contributed by atoms with E-state index >= 15 is 0 Å². The van der Waals surface area contributed by atoms with Crippen molar-refractivity contribution in [2.45, 2.75) is 67.8 Å². The first-order valence-corrected chi connectivity index (χ1v) is 14.9. The van der Waals surface area contributed by atoms with Crippen molar-refractivity contribution in [1.29, 1.82) is 0 Å². The molecule has 0 amide bonds. The van der Waals surface area contributed by atoms with Gasteiger partial charge in [0.1, 0.15) is 48.8 Å². The number of aliphatic hydroxyl groups excluding tert-OH is 5. The molecule has 23 heteroatoms. The van der Waals surface area contributed by atoms with Gasteiger partial charge in [-0.25, -0.2) is 16.8 Å². The summed E-state index contributed by atoms with van der Waals surface area (Å²) in [6, 6.07) is 0. The van der Waals surface area contributed by atoms with Crippen molar-refractivity contribution in [3.63, 3.8) is 0 Å². The summed E-state index contributed by atoms with van der Waals surface area (Å²) < 4.78 is 95.3. The van der Waals surface area contributed by atoms with Crippen molar-refractivity contribution >= 4 is 32.6 Å². The first-order valence-electron chi connectivity index (χ1n) is 11.1. The average Bonchev–Trinajstić information content (AvgIpc) is 2.82. The Labute approximate surface area is 279 Å². The molecule has 226 valence electrons. The molecule has 0 spiro atoms. The molecule has 18 nitrogen and oxygen atoms in total. The minimum Gasteiger partial charge on any atom is -0.726 e. The molecule has 2 aliphatic heterocycles. The molecule has 0 aromatic heterocycles. The van der Waals surface area contributed by atoms with Crippen molar-refractivity contribution in [3.05, 3.63) is 0 Å². The molecule has 2 rings (SSSR count). The number of rotatable bonds is 15. The van der Waals surface area contributed by atoms with E-state index in [-0.39, 0.29) is 65.7 Å². The van der Waals surface area contributed by atoms with Crippen LogP contribution in [0.2, 0.25) is 0 Å². The van der Waals surface area contributed by atoms with Gasteiger partial charge in [-0.05, 0) is 12.2 Å². The van der Waals surface area contributed by atoms with Gasteiger partial charge in [0.05, 0.1) is 19.8 Å². The second-order valence-electron chi connectivity index (χ2n) is 8.12. The number of hydrogen-bond acceptors (Lipinski definition) is 19. The van der Waals surface area contributed by atoms with Gasteiger partial charge in [0.15, 0.2) is 12.6 Å². The van der Waals surface area contributed by atoms with Crippen molar-refractivity contribution in [2.24, 2.45) is 5.73 Å². The van der Waals surface area contributed by atoms with Crippen LogP contribution in [0.5, 0.6) is 0 Å². The summed E-state index contributed by atoms with van der Waals surface area (Å²) in [7, 11) is -10.9. The van der Waals surface area contributed by atoms with E-state index in [0.717, 1.165) is 5.75 Å². The molecular formula is C17H31NNa2O17S3. The molecule has 2 heterocycles. The predicted octanol–water partition coefficient (Wildman–Crippen LogP) is -11.3. The topological polar surface area (TPSA) is 297 Å². The van der Waals surface area contributed by atoms with Crippen LogP contribution in [0.3, 0.4) is 0 Å². The van der Waals surface area contributed by atoms with Gasteiger partial charge in [-0.3, -0.25) is 8.37 Å². The van der Waals surface area contributed by atoms with E-state index in [9.17, 15) is 51.5 Å². The van der Waals surface area contributed by atoms with E-state index in [2.05, 4.69) is 8.37 Å². The van der Waals surface area contributed by atoms with Gasteiger partial charge in [-0.2, -0.15) is 11.8 Å². The molecule has 2 fully saturated rings. The van der Waals surface area contributed by atoms with Gasteiger partial charge in [0, 0.05) is 12.3 Å². The van der Waals surface area contributed by atoms with E-state index in [1.165, 1.54) is 0 Å². The van der Waals surface area contributed by atoms with E-state index in [1.807, 2.05) is 0 Å². The normalized spacial score (nSPS) is 35.0. The standard InChI is InChI=1S/C17H33NO17S3.2Na/c18-2-5-36-4-1-3-30-16-12(22)14(10(20)8(6-19)32-16)34-17-13(23)15(35-38(27,28)29)11(21)9(33-17)7-31-37(24,25)26;;/h8-17,19-23H,1-7,18H2,(H,24,25,26)(H,27,28,29);;/q;2*+1/p-2/t8-,9-,10+,11+,12-,13-,14+,15+,16-,17-;;/m1../s1. The van der Waals surface area contributed by atoms with Gasteiger partial charge < -0.3 is 59.3 Å². The zero-order valence-corrected chi connectivity index (χ0v) is 28.1. The predicted molar refractivity (Wildman–Crippen MR) is 120 cm³/mol. The van der Waals surface area contributed by atoms with Crippen LogP contribution >= 0.6 is 11.8 Å². The molecule has 0 saturated carbocycles. The number of thioether (sulfide) groups is 1. The minimum atomic E-state index is -5.56. The Morgan fingerprint density at radius 3 is 1.95 bits per heavy atom. The van der Waals surface area contributed by atoms with Crippen LogP contribution in [-0.2, 0) is 48.1 Å². The fourth-order valence-electron chi connectivity index (χ4n) is 3.60. The largest absolute Gasteiger partial charge is 1.00 e. The maximum atomic E-state index is 11.1. The molecule has 0 radical (unpaired) electrons. The smallest absolute Gasteiger partial charge is 0.726 e. The molecule has 2 saturated heterocycles. The minimum absolute atomic E-state index is 0. The molecule has 0 aromatic carbocycles. The Morgan fingerprint density at radius 1 is 0.825 bits per heavy atom. The second kappa shape index (κ2) is 19.3. The number of nitrogens with two attached hydrogens (primary N) is 1. The van der Waals surface area contributed by atoms with E-state index in [1.54, 1.807) is 11.8 Å². The summed E-state index contributed by atoms with van der Waals surface area (Å²) in [4.78, 5) is 0. The van der Waals surface area contributed by atoms with E-state index in [4.69, 9.17) is 24.7 Å². The van der Waals surface area contributed by atoms with Crippen molar-refractivity contribution in [2.75, 3.05) is 37.9 Å². The quantitative estimate of drug-likeness (QED) is 0.0410. The molecule has 0 unspecified atom stereocenters. The first kappa shape index (κ1) is 41.7. The van der Waals surface area contributed by atoms with Gasteiger partial charge in [-0.15, -0.1) is 0 Å². The molecule has 2 aliphatic rings. The van der Waals surface area contributed by atoms with Crippen LogP contribution in [0, 0.1) is 0 Å². The van der Waals surface area contributed by atoms with Crippen molar-refractivity contribution in [1.82, 2.24) is 0 Å². The van der Waals surface area contributed by atoms with Crippen LogP contribution in [0.15, 0.2) is 0 Å². The summed E-state index contributed by atoms with van der Waals surface area (Å²) in [6.45, 7) is -1.42. The Kier molecular flexibility index (Phi) is 20.1. The van der Waals surface area contributed by atoms with Crippen LogP contribution in [0.4, 0.5) is 0 Å². The zero-order valence-electron chi connectivity index (χ0n) is 21.7. The van der Waals surface area contributed by atoms with Gasteiger partial charge in [-0.1, -0.05) is 0 Å². The summed E-state index contributed by atoms with van der Waals surface area (Å²) in [5.41, 5.74) is 5.41. The summed E-state index contributed by atoms with van der Waals surface area (Å²) >= 11 is 1.56. The molecule has 10 atom stereocenters. The van der Waals surface area contributed by atoms with Crippen molar-refractivity contribution < 1.29 is 138 Å². The van der Waals surface area contributed by atoms with Crippen LogP contribution < -0.4 is 64.8 Å². The van der Waals surface area contributed by atoms with Gasteiger partial charge in [0.2, 0.25) is 20.8 Å². The molecule has 40 heavy (non-hydrogen) atoms. The van der Waals surface area contributed by atoms with E-state index < -0.39 is 95.4 Å². The fourth-order valence-corrected chi connectivity index (χ4v) is 5.10. The van der Waals surface area contributed by atoms with E-state index in [0.29, 0.717) is 18.7 Å². The third-order valence-corrected chi connectivity index (χ3v) is 7.32. The van der Waals surface area contributed by atoms with Crippen molar-refractivity contribution in [3.8, 4) is 0 Å². The van der Waals surface area contributed by atoms with Gasteiger partial charge >= 0.3 is 59.1 Å². The molecule has 0 aromatic rings. The van der Waals surface area contributed by atoms with Gasteiger partial charge in [0.25, 0.3) is 0 Å². The summed E-state index contributed by atoms with van der Waals surface area (Å²) in [5.74, 6) is 1.39. The monoisotopic (exact) mass is 663 g/mol. The zero-order chi connectivity index (χ0) is 28.7. The number of aliphatic hydroxyl groups is 5. The molecule has 0 aliphatic carbocycles. The SMILES string of the molecule is NCCSCCCO[C@@H]1O[C@H](CO)[C@H](O)[C@H](O[C@H]2O[C@H](COS(=O)(=O)[O-])[C@H](O)[C@H](OS(=O)(=O)[O-])[C@H]2O)[C@H]1O.[Na+].[Na+]. The second-order valence-corrected chi connectivity index (χ2v) is 11.4. The molecule has 7 N–H and O–H groups in total. The fraction of sp³-hybridized carbons (Fsp3) is 1.00. The van der Waals surface area contributed by atoms with Crippen LogP contribution in [-0.4, -0.2) is 151 Å². The molecular weight excluding hydrogens is 632 g/mol. The maximum Gasteiger partial charge on any atom is 1.00 e. The Bertz CT molecular complexity index is 934. The Hall–Kier alpha value is 1.69. The number of hydrogen-bond donors (Lipinski definition) is 6. The average molecular weight is 664 g/mol. The third kappa shape index (κ3) is 13.4. The Morgan fingerprint density at radius 2 is 1.40 bits per heavy atom. The van der Waals surface area contributed by atoms with Crippen LogP contribution in [0.1, 0.15) is 6.42 Å². The first-order chi connectivity index (χ1) is 17.7. The summed E-state index contributed by atoms with van der Waals surface area (Å²) in [5, 5.41) is 51.6. The molecule has 0 bridgehead atoms.